The summed E-state index contributed by atoms with van der Waals surface area (Å²) < 4.78 is 2.10. The molecule has 6 nitrogen and oxygen atoms in total. The summed E-state index contributed by atoms with van der Waals surface area (Å²) in [5.74, 6) is 1.24. The normalized spacial score (nSPS) is 10.8. The Kier molecular flexibility index (Phi) is 6.71. The molecule has 0 atom stereocenters. The largest absolute Gasteiger partial charge is 0.354 e. The molecule has 0 bridgehead atoms. The lowest BCUT2D eigenvalue weighted by molar-refractivity contribution is -0.118. The van der Waals surface area contributed by atoms with Crippen LogP contribution < -0.4 is 10.6 Å². The summed E-state index contributed by atoms with van der Waals surface area (Å²) in [7, 11) is 0. The number of imidazole rings is 1. The zero-order valence-electron chi connectivity index (χ0n) is 16.1. The number of aromatic nitrogens is 2. The van der Waals surface area contributed by atoms with Gasteiger partial charge in [0.1, 0.15) is 5.82 Å². The fourth-order valence-electron chi connectivity index (χ4n) is 2.99. The predicted octanol–water partition coefficient (Wildman–Crippen LogP) is 3.14. The molecule has 1 heterocycles. The first-order valence-electron chi connectivity index (χ1n) is 9.16. The van der Waals surface area contributed by atoms with Gasteiger partial charge in [-0.15, -0.1) is 11.8 Å². The van der Waals surface area contributed by atoms with Gasteiger partial charge < -0.3 is 15.2 Å². The molecule has 0 spiro atoms. The van der Waals surface area contributed by atoms with Gasteiger partial charge in [0.2, 0.25) is 11.8 Å². The second kappa shape index (κ2) is 9.41. The third-order valence-electron chi connectivity index (χ3n) is 4.27. The third-order valence-corrected chi connectivity index (χ3v) is 5.20. The molecular weight excluding hydrogens is 372 g/mol. The van der Waals surface area contributed by atoms with E-state index in [1.165, 1.54) is 11.8 Å². The monoisotopic (exact) mass is 396 g/mol. The van der Waals surface area contributed by atoms with Gasteiger partial charge >= 0.3 is 0 Å². The van der Waals surface area contributed by atoms with Gasteiger partial charge in [0, 0.05) is 18.8 Å². The summed E-state index contributed by atoms with van der Waals surface area (Å²) in [6.45, 7) is 5.13. The topological polar surface area (TPSA) is 76.0 Å². The molecule has 0 unspecified atom stereocenters. The van der Waals surface area contributed by atoms with E-state index < -0.39 is 0 Å². The maximum absolute atomic E-state index is 12.0. The second-order valence-electron chi connectivity index (χ2n) is 6.56. The fourth-order valence-corrected chi connectivity index (χ4v) is 3.64. The Bertz CT molecular complexity index is 983. The summed E-state index contributed by atoms with van der Waals surface area (Å²) >= 11 is 1.30. The van der Waals surface area contributed by atoms with Crippen molar-refractivity contribution in [3.8, 4) is 0 Å². The predicted molar refractivity (Wildman–Crippen MR) is 115 cm³/mol. The number of benzene rings is 2. The molecule has 0 aliphatic heterocycles. The van der Waals surface area contributed by atoms with E-state index in [9.17, 15) is 9.59 Å². The Balaban J connectivity index is 1.37. The minimum absolute atomic E-state index is 0.0737. The SMILES string of the molecule is Cc1cccc(NC(=O)CSCC(=O)NCCn2c(C)nc3ccccc32)c1. The van der Waals surface area contributed by atoms with Crippen molar-refractivity contribution in [3.05, 3.63) is 59.9 Å². The van der Waals surface area contributed by atoms with Crippen LogP contribution in [0.4, 0.5) is 5.69 Å². The number of anilines is 1. The van der Waals surface area contributed by atoms with Gasteiger partial charge in [-0.05, 0) is 43.7 Å². The average Bonchev–Trinajstić information content (AvgIpc) is 2.97. The van der Waals surface area contributed by atoms with E-state index in [4.69, 9.17) is 0 Å². The van der Waals surface area contributed by atoms with E-state index in [0.29, 0.717) is 13.1 Å². The van der Waals surface area contributed by atoms with Gasteiger partial charge in [-0.3, -0.25) is 9.59 Å². The van der Waals surface area contributed by atoms with Crippen LogP contribution in [0.15, 0.2) is 48.5 Å². The number of carbonyl (C=O) groups is 2. The number of hydrogen-bond acceptors (Lipinski definition) is 4. The lowest BCUT2D eigenvalue weighted by Gasteiger charge is -2.09. The molecule has 0 aliphatic carbocycles. The van der Waals surface area contributed by atoms with E-state index in [1.54, 1.807) is 0 Å². The summed E-state index contributed by atoms with van der Waals surface area (Å²) in [5.41, 5.74) is 3.89. The third kappa shape index (κ3) is 5.36. The molecule has 0 fully saturated rings. The first-order chi connectivity index (χ1) is 13.5. The first kappa shape index (κ1) is 19.9. The summed E-state index contributed by atoms with van der Waals surface area (Å²) in [6, 6.07) is 15.6. The fraction of sp³-hybridized carbons (Fsp3) is 0.286. The maximum Gasteiger partial charge on any atom is 0.234 e. The van der Waals surface area contributed by atoms with E-state index in [1.807, 2.05) is 62.4 Å². The molecule has 2 aromatic carbocycles. The van der Waals surface area contributed by atoms with Gasteiger partial charge in [0.05, 0.1) is 22.5 Å². The van der Waals surface area contributed by atoms with E-state index in [0.717, 1.165) is 28.1 Å². The molecule has 146 valence electrons. The van der Waals surface area contributed by atoms with Crippen LogP contribution in [0.3, 0.4) is 0 Å². The van der Waals surface area contributed by atoms with Crippen LogP contribution in [0, 0.1) is 13.8 Å². The molecular formula is C21H24N4O2S. The number of amides is 2. The quantitative estimate of drug-likeness (QED) is 0.613. The first-order valence-corrected chi connectivity index (χ1v) is 10.3. The minimum atomic E-state index is -0.107. The molecule has 2 N–H and O–H groups in total. The number of carbonyl (C=O) groups excluding carboxylic acids is 2. The Morgan fingerprint density at radius 1 is 1.04 bits per heavy atom. The van der Waals surface area contributed by atoms with Crippen LogP contribution in [0.2, 0.25) is 0 Å². The van der Waals surface area contributed by atoms with Crippen LogP contribution in [0.5, 0.6) is 0 Å². The van der Waals surface area contributed by atoms with E-state index in [-0.39, 0.29) is 23.3 Å². The van der Waals surface area contributed by atoms with Crippen molar-refractivity contribution < 1.29 is 9.59 Å². The maximum atomic E-state index is 12.0. The lowest BCUT2D eigenvalue weighted by atomic mass is 10.2. The Morgan fingerprint density at radius 3 is 2.64 bits per heavy atom. The molecule has 3 aromatic rings. The van der Waals surface area contributed by atoms with Gasteiger partial charge in [-0.1, -0.05) is 24.3 Å². The Labute approximate surface area is 168 Å². The molecule has 0 radical (unpaired) electrons. The summed E-state index contributed by atoms with van der Waals surface area (Å²) in [5, 5.41) is 5.74. The van der Waals surface area contributed by atoms with E-state index >= 15 is 0 Å². The van der Waals surface area contributed by atoms with Crippen molar-refractivity contribution in [1.29, 1.82) is 0 Å². The van der Waals surface area contributed by atoms with Crippen molar-refractivity contribution >= 4 is 40.3 Å². The van der Waals surface area contributed by atoms with Crippen LogP contribution in [-0.2, 0) is 16.1 Å². The second-order valence-corrected chi connectivity index (χ2v) is 7.55. The average molecular weight is 397 g/mol. The highest BCUT2D eigenvalue weighted by Gasteiger charge is 2.08. The summed E-state index contributed by atoms with van der Waals surface area (Å²) in [4.78, 5) is 28.5. The number of hydrogen-bond donors (Lipinski definition) is 2. The number of para-hydroxylation sites is 2. The standard InChI is InChI=1S/C21H24N4O2S/c1-15-6-5-7-17(12-15)24-21(27)14-28-13-20(26)22-10-11-25-16(2)23-18-8-3-4-9-19(18)25/h3-9,12H,10-11,13-14H2,1-2H3,(H,22,26)(H,24,27). The Hall–Kier alpha value is -2.80. The zero-order valence-corrected chi connectivity index (χ0v) is 16.9. The van der Waals surface area contributed by atoms with Crippen molar-refractivity contribution in [2.24, 2.45) is 0 Å². The molecule has 2 amide bonds. The van der Waals surface area contributed by atoms with Crippen molar-refractivity contribution in [1.82, 2.24) is 14.9 Å². The van der Waals surface area contributed by atoms with Gasteiger partial charge in [0.25, 0.3) is 0 Å². The molecule has 1 aromatic heterocycles. The number of thioether (sulfide) groups is 1. The number of nitrogens with one attached hydrogen (secondary N) is 2. The van der Waals surface area contributed by atoms with Crippen LogP contribution in [0.1, 0.15) is 11.4 Å². The van der Waals surface area contributed by atoms with Crippen molar-refractivity contribution in [2.45, 2.75) is 20.4 Å². The zero-order chi connectivity index (χ0) is 19.9. The van der Waals surface area contributed by atoms with Crippen LogP contribution in [-0.4, -0.2) is 39.4 Å². The molecule has 7 heteroatoms. The number of nitrogens with zero attached hydrogens (tertiary/aromatic N) is 2. The molecule has 0 aliphatic rings. The highest BCUT2D eigenvalue weighted by molar-refractivity contribution is 8.00. The smallest absolute Gasteiger partial charge is 0.234 e. The van der Waals surface area contributed by atoms with Gasteiger partial charge in [-0.2, -0.15) is 0 Å². The number of aryl methyl sites for hydroxylation is 2. The minimum Gasteiger partial charge on any atom is -0.354 e. The number of rotatable bonds is 8. The number of fused-ring (bicyclic) bond motifs is 1. The molecule has 28 heavy (non-hydrogen) atoms. The van der Waals surface area contributed by atoms with Crippen LogP contribution in [0.25, 0.3) is 11.0 Å². The highest BCUT2D eigenvalue weighted by Crippen LogP contribution is 2.15. The van der Waals surface area contributed by atoms with Gasteiger partial charge in [0.15, 0.2) is 0 Å². The lowest BCUT2D eigenvalue weighted by Crippen LogP contribution is -2.29. The van der Waals surface area contributed by atoms with E-state index in [2.05, 4.69) is 20.2 Å². The van der Waals surface area contributed by atoms with Crippen molar-refractivity contribution in [3.63, 3.8) is 0 Å². The van der Waals surface area contributed by atoms with Crippen LogP contribution >= 0.6 is 11.8 Å². The molecule has 0 saturated carbocycles. The Morgan fingerprint density at radius 2 is 1.82 bits per heavy atom. The van der Waals surface area contributed by atoms with Gasteiger partial charge in [-0.25, -0.2) is 4.98 Å². The molecule has 0 saturated heterocycles. The highest BCUT2D eigenvalue weighted by atomic mass is 32.2. The van der Waals surface area contributed by atoms with Crippen molar-refractivity contribution in [2.75, 3.05) is 23.4 Å². The summed E-state index contributed by atoms with van der Waals surface area (Å²) in [6.07, 6.45) is 0. The molecule has 3 rings (SSSR count).